The van der Waals surface area contributed by atoms with E-state index in [-0.39, 0.29) is 18.1 Å². The summed E-state index contributed by atoms with van der Waals surface area (Å²) < 4.78 is 5.35. The minimum absolute atomic E-state index is 0.0821. The van der Waals surface area contributed by atoms with Crippen molar-refractivity contribution in [3.63, 3.8) is 0 Å². The van der Waals surface area contributed by atoms with Crippen LogP contribution in [0.25, 0.3) is 0 Å². The number of carboxylic acid groups (broad SMARTS) is 1. The lowest BCUT2D eigenvalue weighted by Crippen LogP contribution is -2.54. The fraction of sp³-hybridized carbons (Fsp3) is 0.429. The third kappa shape index (κ3) is 3.28. The topological polar surface area (TPSA) is 78.9 Å². The average molecular weight is 313 g/mol. The number of nitrogens with one attached hydrogen (secondary N) is 1. The van der Waals surface area contributed by atoms with Crippen molar-refractivity contribution in [3.05, 3.63) is 28.8 Å². The molecule has 1 aromatic carbocycles. The number of anilines is 1. The highest BCUT2D eigenvalue weighted by Crippen LogP contribution is 2.32. The van der Waals surface area contributed by atoms with E-state index < -0.39 is 12.0 Å². The molecule has 0 radical (unpaired) electrons. The Kier molecular flexibility index (Phi) is 5.03. The van der Waals surface area contributed by atoms with Crippen LogP contribution in [0.15, 0.2) is 18.2 Å². The van der Waals surface area contributed by atoms with E-state index >= 15 is 0 Å². The van der Waals surface area contributed by atoms with Gasteiger partial charge in [0.2, 0.25) is 5.91 Å². The Bertz CT molecular complexity index is 550. The van der Waals surface area contributed by atoms with E-state index in [2.05, 4.69) is 5.32 Å². The van der Waals surface area contributed by atoms with Gasteiger partial charge < -0.3 is 20.1 Å². The Balaban J connectivity index is 2.42. The van der Waals surface area contributed by atoms with Crippen LogP contribution < -0.4 is 10.2 Å². The number of aromatic carboxylic acids is 1. The van der Waals surface area contributed by atoms with Crippen LogP contribution in [0.4, 0.5) is 5.69 Å². The molecule has 1 aliphatic heterocycles. The van der Waals surface area contributed by atoms with Crippen LogP contribution in [-0.2, 0) is 9.53 Å². The van der Waals surface area contributed by atoms with E-state index in [4.69, 9.17) is 16.3 Å². The first-order valence-electron chi connectivity index (χ1n) is 6.70. The molecule has 1 saturated heterocycles. The van der Waals surface area contributed by atoms with Crippen molar-refractivity contribution in [2.45, 2.75) is 13.0 Å². The van der Waals surface area contributed by atoms with Gasteiger partial charge in [-0.25, -0.2) is 4.79 Å². The van der Waals surface area contributed by atoms with Gasteiger partial charge >= 0.3 is 5.97 Å². The van der Waals surface area contributed by atoms with Crippen LogP contribution in [0.1, 0.15) is 17.3 Å². The molecule has 7 heteroatoms. The molecule has 2 N–H and O–H groups in total. The molecule has 1 unspecified atom stereocenters. The number of carbonyl (C=O) groups is 2. The van der Waals surface area contributed by atoms with Crippen molar-refractivity contribution in [2.75, 3.05) is 31.2 Å². The number of carbonyl (C=O) groups excluding carboxylic acids is 1. The van der Waals surface area contributed by atoms with Gasteiger partial charge in [-0.05, 0) is 19.1 Å². The summed E-state index contributed by atoms with van der Waals surface area (Å²) in [6, 6.07) is 4.09. The number of para-hydroxylation sites is 1. The third-order valence-corrected chi connectivity index (χ3v) is 3.59. The van der Waals surface area contributed by atoms with Gasteiger partial charge in [0.25, 0.3) is 0 Å². The first kappa shape index (κ1) is 15.6. The van der Waals surface area contributed by atoms with Gasteiger partial charge in [0, 0.05) is 13.1 Å². The van der Waals surface area contributed by atoms with Crippen LogP contribution in [0, 0.1) is 0 Å². The average Bonchev–Trinajstić information content (AvgIpc) is 2.47. The molecular formula is C14H17ClN2O4. The van der Waals surface area contributed by atoms with Crippen LogP contribution in [0.3, 0.4) is 0 Å². The molecule has 0 spiro atoms. The van der Waals surface area contributed by atoms with E-state index in [1.807, 2.05) is 6.92 Å². The minimum Gasteiger partial charge on any atom is -0.478 e. The number of nitrogens with zero attached hydrogens (tertiary/aromatic N) is 1. The standard InChI is InChI=1S/C14H17ClN2O4/c1-2-16-13(18)11-8-21-7-6-17(11)12-9(14(19)20)4-3-5-10(12)15/h3-5,11H,2,6-8H2,1H3,(H,16,18)(H,19,20). The first-order chi connectivity index (χ1) is 10.1. The van der Waals surface area contributed by atoms with Gasteiger partial charge in [0.05, 0.1) is 29.5 Å². The van der Waals surface area contributed by atoms with E-state index in [0.29, 0.717) is 30.4 Å². The normalized spacial score (nSPS) is 18.4. The molecule has 1 amide bonds. The van der Waals surface area contributed by atoms with Crippen LogP contribution in [0.5, 0.6) is 0 Å². The number of morpholine rings is 1. The largest absolute Gasteiger partial charge is 0.478 e. The lowest BCUT2D eigenvalue weighted by Gasteiger charge is -2.37. The Morgan fingerprint density at radius 3 is 2.95 bits per heavy atom. The van der Waals surface area contributed by atoms with Crippen molar-refractivity contribution in [1.82, 2.24) is 5.32 Å². The summed E-state index contributed by atoms with van der Waals surface area (Å²) in [5, 5.41) is 12.4. The summed E-state index contributed by atoms with van der Waals surface area (Å²) >= 11 is 6.18. The Morgan fingerprint density at radius 1 is 1.52 bits per heavy atom. The number of carboxylic acids is 1. The Hall–Kier alpha value is -1.79. The number of rotatable bonds is 4. The summed E-state index contributed by atoms with van der Waals surface area (Å²) in [7, 11) is 0. The summed E-state index contributed by atoms with van der Waals surface area (Å²) in [5.41, 5.74) is 0.449. The first-order valence-corrected chi connectivity index (χ1v) is 7.08. The van der Waals surface area contributed by atoms with Crippen molar-refractivity contribution in [2.24, 2.45) is 0 Å². The van der Waals surface area contributed by atoms with Crippen molar-refractivity contribution < 1.29 is 19.4 Å². The minimum atomic E-state index is -1.08. The molecule has 1 heterocycles. The summed E-state index contributed by atoms with van der Waals surface area (Å²) in [4.78, 5) is 25.3. The molecule has 21 heavy (non-hydrogen) atoms. The molecular weight excluding hydrogens is 296 g/mol. The highest BCUT2D eigenvalue weighted by Gasteiger charge is 2.32. The maximum atomic E-state index is 12.2. The zero-order chi connectivity index (χ0) is 15.4. The third-order valence-electron chi connectivity index (χ3n) is 3.29. The molecule has 1 aliphatic rings. The summed E-state index contributed by atoms with van der Waals surface area (Å²) in [6.07, 6.45) is 0. The molecule has 0 aliphatic carbocycles. The second-order valence-corrected chi connectivity index (χ2v) is 5.03. The summed E-state index contributed by atoms with van der Waals surface area (Å²) in [5.74, 6) is -1.28. The van der Waals surface area contributed by atoms with Crippen molar-refractivity contribution in [3.8, 4) is 0 Å². The van der Waals surface area contributed by atoms with Gasteiger partial charge in [-0.15, -0.1) is 0 Å². The van der Waals surface area contributed by atoms with Gasteiger partial charge in [-0.3, -0.25) is 4.79 Å². The number of halogens is 1. The lowest BCUT2D eigenvalue weighted by atomic mass is 10.1. The zero-order valence-corrected chi connectivity index (χ0v) is 12.4. The van der Waals surface area contributed by atoms with Gasteiger partial charge in [-0.2, -0.15) is 0 Å². The monoisotopic (exact) mass is 312 g/mol. The molecule has 114 valence electrons. The zero-order valence-electron chi connectivity index (χ0n) is 11.6. The fourth-order valence-electron chi connectivity index (χ4n) is 2.36. The summed E-state index contributed by atoms with van der Waals surface area (Å²) in [6.45, 7) is 3.35. The number of hydrogen-bond donors (Lipinski definition) is 2. The van der Waals surface area contributed by atoms with E-state index in [9.17, 15) is 14.7 Å². The molecule has 6 nitrogen and oxygen atoms in total. The quantitative estimate of drug-likeness (QED) is 0.878. The molecule has 0 saturated carbocycles. The second kappa shape index (κ2) is 6.78. The smallest absolute Gasteiger partial charge is 0.337 e. The van der Waals surface area contributed by atoms with Gasteiger partial charge in [0.1, 0.15) is 6.04 Å². The molecule has 0 aromatic heterocycles. The Labute approximate surface area is 127 Å². The Morgan fingerprint density at radius 2 is 2.29 bits per heavy atom. The maximum absolute atomic E-state index is 12.2. The van der Waals surface area contributed by atoms with Crippen LogP contribution in [-0.4, -0.2) is 49.3 Å². The predicted molar refractivity (Wildman–Crippen MR) is 79.0 cm³/mol. The van der Waals surface area contributed by atoms with Crippen LogP contribution >= 0.6 is 11.6 Å². The van der Waals surface area contributed by atoms with Gasteiger partial charge in [0.15, 0.2) is 0 Å². The number of ether oxygens (including phenoxy) is 1. The van der Waals surface area contributed by atoms with Crippen molar-refractivity contribution >= 4 is 29.2 Å². The number of hydrogen-bond acceptors (Lipinski definition) is 4. The van der Waals surface area contributed by atoms with Crippen LogP contribution in [0.2, 0.25) is 5.02 Å². The molecule has 2 rings (SSSR count). The number of amides is 1. The highest BCUT2D eigenvalue weighted by molar-refractivity contribution is 6.34. The molecule has 0 bridgehead atoms. The molecule has 1 atom stereocenters. The lowest BCUT2D eigenvalue weighted by molar-refractivity contribution is -0.124. The fourth-order valence-corrected chi connectivity index (χ4v) is 2.64. The van der Waals surface area contributed by atoms with E-state index in [1.165, 1.54) is 6.07 Å². The van der Waals surface area contributed by atoms with Gasteiger partial charge in [-0.1, -0.05) is 17.7 Å². The molecule has 1 aromatic rings. The second-order valence-electron chi connectivity index (χ2n) is 4.62. The maximum Gasteiger partial charge on any atom is 0.337 e. The SMILES string of the molecule is CCNC(=O)C1COCCN1c1c(Cl)cccc1C(=O)O. The van der Waals surface area contributed by atoms with E-state index in [0.717, 1.165) is 0 Å². The predicted octanol–water partition coefficient (Wildman–Crippen LogP) is 1.38. The molecule has 1 fully saturated rings. The van der Waals surface area contributed by atoms with E-state index in [1.54, 1.807) is 17.0 Å². The number of benzene rings is 1. The number of likely N-dealkylation sites (N-methyl/N-ethyl adjacent to an activating group) is 1. The van der Waals surface area contributed by atoms with Crippen molar-refractivity contribution in [1.29, 1.82) is 0 Å². The highest BCUT2D eigenvalue weighted by atomic mass is 35.5.